The third-order valence-corrected chi connectivity index (χ3v) is 4.01. The molecule has 0 spiro atoms. The van der Waals surface area contributed by atoms with Crippen molar-refractivity contribution in [3.05, 3.63) is 35.4 Å². The highest BCUT2D eigenvalue weighted by atomic mass is 16.4. The molecular formula is C17H26N2O2. The van der Waals surface area contributed by atoms with Crippen LogP contribution < -0.4 is 5.32 Å². The number of nitrogens with zero attached hydrogens (tertiary/aromatic N) is 1. The second-order valence-electron chi connectivity index (χ2n) is 6.03. The van der Waals surface area contributed by atoms with E-state index < -0.39 is 5.97 Å². The number of rotatable bonds is 7. The average Bonchev–Trinajstić information content (AvgIpc) is 2.47. The lowest BCUT2D eigenvalue weighted by Crippen LogP contribution is -2.41. The van der Waals surface area contributed by atoms with E-state index in [1.807, 2.05) is 24.3 Å². The van der Waals surface area contributed by atoms with E-state index in [1.165, 1.54) is 37.9 Å². The first kappa shape index (κ1) is 16.0. The zero-order chi connectivity index (χ0) is 15.1. The van der Waals surface area contributed by atoms with Gasteiger partial charge in [-0.3, -0.25) is 4.79 Å². The van der Waals surface area contributed by atoms with E-state index in [2.05, 4.69) is 17.1 Å². The van der Waals surface area contributed by atoms with E-state index in [4.69, 9.17) is 5.11 Å². The number of piperidine rings is 1. The SMILES string of the molecule is CC(CN1CCCCC1)NCc1ccc(CC(=O)O)cc1. The number of benzene rings is 1. The second kappa shape index (κ2) is 8.15. The summed E-state index contributed by atoms with van der Waals surface area (Å²) >= 11 is 0. The number of nitrogens with one attached hydrogen (secondary N) is 1. The molecule has 0 aliphatic carbocycles. The largest absolute Gasteiger partial charge is 0.481 e. The molecule has 1 aliphatic heterocycles. The Hall–Kier alpha value is -1.39. The number of aliphatic carboxylic acids is 1. The lowest BCUT2D eigenvalue weighted by atomic mass is 10.1. The summed E-state index contributed by atoms with van der Waals surface area (Å²) in [5, 5.41) is 12.3. The summed E-state index contributed by atoms with van der Waals surface area (Å²) in [5.41, 5.74) is 2.06. The second-order valence-corrected chi connectivity index (χ2v) is 6.03. The van der Waals surface area contributed by atoms with Crippen molar-refractivity contribution in [1.82, 2.24) is 10.2 Å². The number of hydrogen-bond donors (Lipinski definition) is 2. The Morgan fingerprint density at radius 2 is 1.81 bits per heavy atom. The quantitative estimate of drug-likeness (QED) is 0.809. The van der Waals surface area contributed by atoms with Crippen molar-refractivity contribution in [2.75, 3.05) is 19.6 Å². The van der Waals surface area contributed by atoms with E-state index >= 15 is 0 Å². The predicted molar refractivity (Wildman–Crippen MR) is 84.4 cm³/mol. The van der Waals surface area contributed by atoms with Crippen LogP contribution in [0.15, 0.2) is 24.3 Å². The molecule has 116 valence electrons. The van der Waals surface area contributed by atoms with E-state index in [0.717, 1.165) is 18.7 Å². The average molecular weight is 290 g/mol. The minimum absolute atomic E-state index is 0.0963. The molecule has 0 aromatic heterocycles. The number of carbonyl (C=O) groups is 1. The minimum Gasteiger partial charge on any atom is -0.481 e. The van der Waals surface area contributed by atoms with E-state index in [-0.39, 0.29) is 6.42 Å². The fraction of sp³-hybridized carbons (Fsp3) is 0.588. The lowest BCUT2D eigenvalue weighted by Gasteiger charge is -2.29. The Balaban J connectivity index is 1.72. The molecule has 2 N–H and O–H groups in total. The third kappa shape index (κ3) is 5.86. The maximum atomic E-state index is 10.6. The zero-order valence-electron chi connectivity index (χ0n) is 12.8. The molecule has 0 radical (unpaired) electrons. The molecule has 1 fully saturated rings. The first-order valence-corrected chi connectivity index (χ1v) is 7.89. The molecule has 2 rings (SSSR count). The standard InChI is InChI=1S/C17H26N2O2/c1-14(13-19-9-3-2-4-10-19)18-12-16-7-5-15(6-8-16)11-17(20)21/h5-8,14,18H,2-4,9-13H2,1H3,(H,20,21). The number of likely N-dealkylation sites (tertiary alicyclic amines) is 1. The van der Waals surface area contributed by atoms with Crippen LogP contribution in [-0.4, -0.2) is 41.7 Å². The highest BCUT2D eigenvalue weighted by molar-refractivity contribution is 5.70. The van der Waals surface area contributed by atoms with Crippen molar-refractivity contribution in [1.29, 1.82) is 0 Å². The van der Waals surface area contributed by atoms with Crippen LogP contribution >= 0.6 is 0 Å². The van der Waals surface area contributed by atoms with Crippen molar-refractivity contribution < 1.29 is 9.90 Å². The van der Waals surface area contributed by atoms with Crippen molar-refractivity contribution in [2.45, 2.75) is 45.2 Å². The molecule has 21 heavy (non-hydrogen) atoms. The summed E-state index contributed by atoms with van der Waals surface area (Å²) in [6.45, 7) is 6.64. The Bertz CT molecular complexity index is 439. The summed E-state index contributed by atoms with van der Waals surface area (Å²) in [7, 11) is 0. The van der Waals surface area contributed by atoms with E-state index in [9.17, 15) is 4.79 Å². The fourth-order valence-corrected chi connectivity index (χ4v) is 2.84. The van der Waals surface area contributed by atoms with Crippen LogP contribution in [0.4, 0.5) is 0 Å². The highest BCUT2D eigenvalue weighted by Gasteiger charge is 2.12. The molecule has 1 atom stereocenters. The van der Waals surface area contributed by atoms with Gasteiger partial charge >= 0.3 is 5.97 Å². The molecule has 1 aliphatic rings. The third-order valence-electron chi connectivity index (χ3n) is 4.01. The number of carboxylic acids is 1. The molecule has 1 aromatic rings. The monoisotopic (exact) mass is 290 g/mol. The lowest BCUT2D eigenvalue weighted by molar-refractivity contribution is -0.136. The zero-order valence-corrected chi connectivity index (χ0v) is 12.8. The molecule has 1 unspecified atom stereocenters. The maximum absolute atomic E-state index is 10.6. The normalized spacial score (nSPS) is 17.6. The van der Waals surface area contributed by atoms with Gasteiger partial charge in [-0.1, -0.05) is 30.7 Å². The predicted octanol–water partition coefficient (Wildman–Crippen LogP) is 2.28. The summed E-state index contributed by atoms with van der Waals surface area (Å²) in [6, 6.07) is 8.31. The van der Waals surface area contributed by atoms with Gasteiger partial charge in [0.1, 0.15) is 0 Å². The molecule has 1 aromatic carbocycles. The molecule has 0 amide bonds. The summed E-state index contributed by atoms with van der Waals surface area (Å²) in [5.74, 6) is -0.781. The van der Waals surface area contributed by atoms with Gasteiger partial charge in [0.15, 0.2) is 0 Å². The van der Waals surface area contributed by atoms with Crippen LogP contribution in [0.5, 0.6) is 0 Å². The van der Waals surface area contributed by atoms with Crippen LogP contribution in [0.25, 0.3) is 0 Å². The fourth-order valence-electron chi connectivity index (χ4n) is 2.84. The minimum atomic E-state index is -0.781. The highest BCUT2D eigenvalue weighted by Crippen LogP contribution is 2.09. The van der Waals surface area contributed by atoms with Crippen LogP contribution in [0, 0.1) is 0 Å². The molecule has 1 heterocycles. The molecule has 4 heteroatoms. The van der Waals surface area contributed by atoms with Gasteiger partial charge in [-0.05, 0) is 44.0 Å². The molecule has 1 saturated heterocycles. The molecule has 0 saturated carbocycles. The van der Waals surface area contributed by atoms with Crippen molar-refractivity contribution in [3.63, 3.8) is 0 Å². The Labute approximate surface area is 127 Å². The van der Waals surface area contributed by atoms with Gasteiger partial charge in [0, 0.05) is 19.1 Å². The Morgan fingerprint density at radius 1 is 1.19 bits per heavy atom. The van der Waals surface area contributed by atoms with E-state index in [1.54, 1.807) is 0 Å². The van der Waals surface area contributed by atoms with Crippen LogP contribution in [0.3, 0.4) is 0 Å². The smallest absolute Gasteiger partial charge is 0.307 e. The molecule has 0 bridgehead atoms. The van der Waals surface area contributed by atoms with Crippen LogP contribution in [0.2, 0.25) is 0 Å². The van der Waals surface area contributed by atoms with E-state index in [0.29, 0.717) is 6.04 Å². The van der Waals surface area contributed by atoms with Crippen LogP contribution in [0.1, 0.15) is 37.3 Å². The molecule has 4 nitrogen and oxygen atoms in total. The topological polar surface area (TPSA) is 52.6 Å². The van der Waals surface area contributed by atoms with Gasteiger partial charge in [0.2, 0.25) is 0 Å². The Morgan fingerprint density at radius 3 is 2.43 bits per heavy atom. The number of hydrogen-bond acceptors (Lipinski definition) is 3. The first-order chi connectivity index (χ1) is 10.1. The van der Waals surface area contributed by atoms with Gasteiger partial charge in [-0.2, -0.15) is 0 Å². The van der Waals surface area contributed by atoms with Crippen LogP contribution in [-0.2, 0) is 17.8 Å². The maximum Gasteiger partial charge on any atom is 0.307 e. The summed E-state index contributed by atoms with van der Waals surface area (Å²) < 4.78 is 0. The van der Waals surface area contributed by atoms with Crippen molar-refractivity contribution in [2.24, 2.45) is 0 Å². The van der Waals surface area contributed by atoms with Crippen molar-refractivity contribution >= 4 is 5.97 Å². The summed E-state index contributed by atoms with van der Waals surface area (Å²) in [6.07, 6.45) is 4.13. The van der Waals surface area contributed by atoms with Crippen molar-refractivity contribution in [3.8, 4) is 0 Å². The van der Waals surface area contributed by atoms with Gasteiger partial charge in [0.05, 0.1) is 6.42 Å². The number of carboxylic acid groups (broad SMARTS) is 1. The Kier molecular flexibility index (Phi) is 6.21. The van der Waals surface area contributed by atoms with Gasteiger partial charge in [-0.15, -0.1) is 0 Å². The first-order valence-electron chi connectivity index (χ1n) is 7.89. The van der Waals surface area contributed by atoms with Gasteiger partial charge < -0.3 is 15.3 Å². The van der Waals surface area contributed by atoms with Gasteiger partial charge in [-0.25, -0.2) is 0 Å². The van der Waals surface area contributed by atoms with Gasteiger partial charge in [0.25, 0.3) is 0 Å². The molecular weight excluding hydrogens is 264 g/mol. The summed E-state index contributed by atoms with van der Waals surface area (Å²) in [4.78, 5) is 13.2.